The van der Waals surface area contributed by atoms with Crippen LogP contribution in [0.15, 0.2) is 29.4 Å². The van der Waals surface area contributed by atoms with E-state index in [1.54, 1.807) is 0 Å². The molecule has 2 aliphatic rings. The van der Waals surface area contributed by atoms with Crippen LogP contribution < -0.4 is 15.5 Å². The monoisotopic (exact) mass is 443 g/mol. The van der Waals surface area contributed by atoms with E-state index in [-0.39, 0.29) is 24.0 Å². The molecule has 0 bridgehead atoms. The minimum Gasteiger partial charge on any atom is -0.356 e. The highest BCUT2D eigenvalue weighted by Crippen LogP contribution is 2.34. The first-order chi connectivity index (χ1) is 11.3. The van der Waals surface area contributed by atoms with Gasteiger partial charge in [0.1, 0.15) is 5.82 Å². The molecule has 5 nitrogen and oxygen atoms in total. The number of halogens is 1. The standard InChI is InChI=1S/C18H29N5.HI/c1-3-6-14-13-16(14)22-18(19-2)21-15-8-11-23(12-9-15)17-7-4-5-10-20-17;/h4-5,7,10,14-16H,3,6,8-9,11-13H2,1-2H3,(H2,19,21,22);1H. The van der Waals surface area contributed by atoms with Gasteiger partial charge in [-0.15, -0.1) is 24.0 Å². The lowest BCUT2D eigenvalue weighted by molar-refractivity contribution is 0.458. The fourth-order valence-electron chi connectivity index (χ4n) is 3.45. The summed E-state index contributed by atoms with van der Waals surface area (Å²) >= 11 is 0. The van der Waals surface area contributed by atoms with Crippen molar-refractivity contribution in [1.29, 1.82) is 0 Å². The number of anilines is 1. The molecule has 1 aliphatic carbocycles. The largest absolute Gasteiger partial charge is 0.356 e. The van der Waals surface area contributed by atoms with E-state index in [4.69, 9.17) is 0 Å². The molecule has 3 rings (SSSR count). The van der Waals surface area contributed by atoms with Gasteiger partial charge in [-0.1, -0.05) is 19.4 Å². The number of rotatable bonds is 5. The first-order valence-electron chi connectivity index (χ1n) is 8.96. The van der Waals surface area contributed by atoms with Crippen molar-refractivity contribution >= 4 is 35.8 Å². The van der Waals surface area contributed by atoms with Gasteiger partial charge in [0.2, 0.25) is 0 Å². The van der Waals surface area contributed by atoms with Gasteiger partial charge in [0.05, 0.1) is 0 Å². The molecule has 1 saturated heterocycles. The number of piperidine rings is 1. The summed E-state index contributed by atoms with van der Waals surface area (Å²) in [5, 5.41) is 7.18. The highest BCUT2D eigenvalue weighted by molar-refractivity contribution is 14.0. The van der Waals surface area contributed by atoms with Crippen molar-refractivity contribution in [3.05, 3.63) is 24.4 Å². The number of aromatic nitrogens is 1. The Bertz CT molecular complexity index is 513. The number of guanidine groups is 1. The van der Waals surface area contributed by atoms with Crippen molar-refractivity contribution in [2.24, 2.45) is 10.9 Å². The average Bonchev–Trinajstić information content (AvgIpc) is 3.33. The van der Waals surface area contributed by atoms with E-state index in [9.17, 15) is 0 Å². The van der Waals surface area contributed by atoms with Crippen LogP contribution in [-0.4, -0.2) is 43.2 Å². The molecule has 0 spiro atoms. The van der Waals surface area contributed by atoms with Crippen LogP contribution in [0.4, 0.5) is 5.82 Å². The minimum atomic E-state index is 0. The Morgan fingerprint density at radius 1 is 1.29 bits per heavy atom. The van der Waals surface area contributed by atoms with Gasteiger partial charge in [-0.3, -0.25) is 4.99 Å². The molecule has 2 heterocycles. The van der Waals surface area contributed by atoms with Gasteiger partial charge in [0.15, 0.2) is 5.96 Å². The number of nitrogens with one attached hydrogen (secondary N) is 2. The molecule has 2 N–H and O–H groups in total. The third-order valence-electron chi connectivity index (χ3n) is 4.94. The summed E-state index contributed by atoms with van der Waals surface area (Å²) in [6.07, 6.45) is 8.03. The molecule has 24 heavy (non-hydrogen) atoms. The van der Waals surface area contributed by atoms with E-state index >= 15 is 0 Å². The normalized spacial score (nSPS) is 24.2. The fraction of sp³-hybridized carbons (Fsp3) is 0.667. The quantitative estimate of drug-likeness (QED) is 0.418. The van der Waals surface area contributed by atoms with Crippen LogP contribution >= 0.6 is 24.0 Å². The molecular formula is C18H30IN5. The van der Waals surface area contributed by atoms with Gasteiger partial charge in [-0.25, -0.2) is 4.98 Å². The SMILES string of the molecule is CCCC1CC1NC(=NC)NC1CCN(c2ccccn2)CC1.I. The van der Waals surface area contributed by atoms with E-state index in [0.717, 1.165) is 43.6 Å². The van der Waals surface area contributed by atoms with Crippen LogP contribution in [0.3, 0.4) is 0 Å². The second kappa shape index (κ2) is 9.44. The van der Waals surface area contributed by atoms with E-state index in [0.29, 0.717) is 12.1 Å². The molecule has 2 unspecified atom stereocenters. The minimum absolute atomic E-state index is 0. The zero-order chi connectivity index (χ0) is 16.1. The summed E-state index contributed by atoms with van der Waals surface area (Å²) in [4.78, 5) is 11.2. The topological polar surface area (TPSA) is 52.6 Å². The second-order valence-electron chi connectivity index (χ2n) is 6.70. The van der Waals surface area contributed by atoms with Gasteiger partial charge in [0, 0.05) is 38.4 Å². The second-order valence-corrected chi connectivity index (χ2v) is 6.70. The Morgan fingerprint density at radius 3 is 2.71 bits per heavy atom. The summed E-state index contributed by atoms with van der Waals surface area (Å²) in [5.41, 5.74) is 0. The Labute approximate surface area is 162 Å². The number of hydrogen-bond acceptors (Lipinski definition) is 3. The fourth-order valence-corrected chi connectivity index (χ4v) is 3.45. The predicted octanol–water partition coefficient (Wildman–Crippen LogP) is 3.02. The third-order valence-corrected chi connectivity index (χ3v) is 4.94. The predicted molar refractivity (Wildman–Crippen MR) is 111 cm³/mol. The van der Waals surface area contributed by atoms with Crippen LogP contribution in [-0.2, 0) is 0 Å². The molecule has 6 heteroatoms. The van der Waals surface area contributed by atoms with Crippen LogP contribution in [0, 0.1) is 5.92 Å². The van der Waals surface area contributed by atoms with Gasteiger partial charge in [0.25, 0.3) is 0 Å². The van der Waals surface area contributed by atoms with Crippen LogP contribution in [0.25, 0.3) is 0 Å². The maximum atomic E-state index is 4.45. The number of hydrogen-bond donors (Lipinski definition) is 2. The van der Waals surface area contributed by atoms with E-state index < -0.39 is 0 Å². The van der Waals surface area contributed by atoms with Crippen molar-refractivity contribution in [2.45, 2.75) is 51.1 Å². The van der Waals surface area contributed by atoms with E-state index in [1.165, 1.54) is 19.3 Å². The maximum Gasteiger partial charge on any atom is 0.191 e. The van der Waals surface area contributed by atoms with Crippen LogP contribution in [0.1, 0.15) is 39.0 Å². The van der Waals surface area contributed by atoms with Gasteiger partial charge >= 0.3 is 0 Å². The summed E-state index contributed by atoms with van der Waals surface area (Å²) < 4.78 is 0. The summed E-state index contributed by atoms with van der Waals surface area (Å²) in [5.74, 6) is 2.92. The molecule has 2 atom stereocenters. The molecule has 1 saturated carbocycles. The Hall–Kier alpha value is -1.05. The Kier molecular flexibility index (Phi) is 7.58. The van der Waals surface area contributed by atoms with Crippen molar-refractivity contribution in [3.8, 4) is 0 Å². The Morgan fingerprint density at radius 2 is 2.08 bits per heavy atom. The lowest BCUT2D eigenvalue weighted by Crippen LogP contribution is -2.49. The van der Waals surface area contributed by atoms with Crippen molar-refractivity contribution in [1.82, 2.24) is 15.6 Å². The zero-order valence-electron chi connectivity index (χ0n) is 14.7. The molecule has 134 valence electrons. The average molecular weight is 443 g/mol. The van der Waals surface area contributed by atoms with Gasteiger partial charge < -0.3 is 15.5 Å². The number of nitrogens with zero attached hydrogens (tertiary/aromatic N) is 3. The van der Waals surface area contributed by atoms with Crippen LogP contribution in [0.2, 0.25) is 0 Å². The van der Waals surface area contributed by atoms with Crippen LogP contribution in [0.5, 0.6) is 0 Å². The molecule has 1 aliphatic heterocycles. The molecule has 1 aromatic heterocycles. The number of pyridine rings is 1. The highest BCUT2D eigenvalue weighted by atomic mass is 127. The third kappa shape index (κ3) is 5.22. The van der Waals surface area contributed by atoms with E-state index in [2.05, 4.69) is 44.6 Å². The smallest absolute Gasteiger partial charge is 0.191 e. The summed E-state index contributed by atoms with van der Waals surface area (Å²) in [6, 6.07) is 7.26. The van der Waals surface area contributed by atoms with Gasteiger partial charge in [-0.2, -0.15) is 0 Å². The molecule has 1 aromatic rings. The maximum absolute atomic E-state index is 4.45. The molecule has 0 aromatic carbocycles. The molecular weight excluding hydrogens is 413 g/mol. The summed E-state index contributed by atoms with van der Waals surface area (Å²) in [7, 11) is 1.87. The first-order valence-corrected chi connectivity index (χ1v) is 8.96. The number of aliphatic imine (C=N–C) groups is 1. The highest BCUT2D eigenvalue weighted by Gasteiger charge is 2.36. The lowest BCUT2D eigenvalue weighted by atomic mass is 10.1. The molecule has 2 fully saturated rings. The first kappa shape index (κ1) is 19.3. The van der Waals surface area contributed by atoms with E-state index in [1.807, 2.05) is 19.3 Å². The van der Waals surface area contributed by atoms with Crippen molar-refractivity contribution in [2.75, 3.05) is 25.0 Å². The molecule has 0 radical (unpaired) electrons. The van der Waals surface area contributed by atoms with Gasteiger partial charge in [-0.05, 0) is 43.7 Å². The van der Waals surface area contributed by atoms with Crippen molar-refractivity contribution < 1.29 is 0 Å². The summed E-state index contributed by atoms with van der Waals surface area (Å²) in [6.45, 7) is 4.36. The molecule has 0 amide bonds. The van der Waals surface area contributed by atoms with Crippen molar-refractivity contribution in [3.63, 3.8) is 0 Å². The zero-order valence-corrected chi connectivity index (χ0v) is 17.1. The lowest BCUT2D eigenvalue weighted by Gasteiger charge is -2.33. The Balaban J connectivity index is 0.00000208.